The lowest BCUT2D eigenvalue weighted by molar-refractivity contribution is 1.07. The number of thiophene rings is 2. The molecule has 12 aromatic rings. The number of rotatable bonds is 4. The highest BCUT2D eigenvalue weighted by molar-refractivity contribution is 7.26. The SMILES string of the molecule is c1cc(-c2nc(-c3ccc4sc5ccccc5c4c3)nc(-c3ccc4sc5ccccc5c4c3)n2)cc(N2c3c(ccc4ccccc34)-c3cccc4cccc2c34)c1. The van der Waals surface area contributed by atoms with E-state index in [1.165, 1.54) is 78.7 Å². The summed E-state index contributed by atoms with van der Waals surface area (Å²) in [5.74, 6) is 1.93. The van der Waals surface area contributed by atoms with Gasteiger partial charge in [0, 0.05) is 79.1 Å². The topological polar surface area (TPSA) is 41.9 Å². The Hall–Kier alpha value is -7.25. The molecular weight excluding hydrogens is 757 g/mol. The summed E-state index contributed by atoms with van der Waals surface area (Å²) in [4.78, 5) is 18.3. The molecule has 0 spiro atoms. The standard InChI is InChI=1S/C53H30N4S2/c1-2-15-37-31(10-1)22-25-41-40-18-8-11-32-12-9-19-44(49(32)40)57(50(37)41)36-14-7-13-33(28-36)51-54-52(34-23-26-47-42(29-34)38-16-3-5-20-45(38)58-47)56-53(55-51)35-24-27-48-43(30-35)39-17-4-6-21-46(39)59-48/h1-30H. The van der Waals surface area contributed by atoms with E-state index in [9.17, 15) is 0 Å². The Morgan fingerprint density at radius 2 is 0.898 bits per heavy atom. The minimum atomic E-state index is 0.631. The predicted molar refractivity (Wildman–Crippen MR) is 251 cm³/mol. The molecule has 0 amide bonds. The van der Waals surface area contributed by atoms with Gasteiger partial charge in [0.25, 0.3) is 0 Å². The van der Waals surface area contributed by atoms with Gasteiger partial charge in [0.1, 0.15) is 0 Å². The monoisotopic (exact) mass is 786 g/mol. The molecular formula is C53H30N4S2. The van der Waals surface area contributed by atoms with Crippen LogP contribution < -0.4 is 4.90 Å². The van der Waals surface area contributed by atoms with Gasteiger partial charge in [-0.15, -0.1) is 22.7 Å². The summed E-state index contributed by atoms with van der Waals surface area (Å²) < 4.78 is 5.04. The van der Waals surface area contributed by atoms with Crippen molar-refractivity contribution in [3.63, 3.8) is 0 Å². The highest BCUT2D eigenvalue weighted by atomic mass is 32.1. The van der Waals surface area contributed by atoms with Crippen LogP contribution in [0, 0.1) is 0 Å². The van der Waals surface area contributed by atoms with Gasteiger partial charge in [0.15, 0.2) is 17.5 Å². The first-order valence-electron chi connectivity index (χ1n) is 19.8. The third kappa shape index (κ3) is 5.04. The Morgan fingerprint density at radius 1 is 0.356 bits per heavy atom. The van der Waals surface area contributed by atoms with E-state index in [-0.39, 0.29) is 0 Å². The van der Waals surface area contributed by atoms with Crippen LogP contribution >= 0.6 is 22.7 Å². The van der Waals surface area contributed by atoms with Crippen molar-refractivity contribution in [2.24, 2.45) is 0 Å². The van der Waals surface area contributed by atoms with Crippen LogP contribution in [0.2, 0.25) is 0 Å². The second-order valence-electron chi connectivity index (χ2n) is 15.2. The molecule has 274 valence electrons. The Bertz CT molecular complexity index is 3570. The van der Waals surface area contributed by atoms with Crippen molar-refractivity contribution in [1.29, 1.82) is 0 Å². The first kappa shape index (κ1) is 32.8. The summed E-state index contributed by atoms with van der Waals surface area (Å²) in [6.07, 6.45) is 0. The van der Waals surface area contributed by atoms with Gasteiger partial charge < -0.3 is 4.90 Å². The van der Waals surface area contributed by atoms with E-state index in [1.807, 2.05) is 22.7 Å². The molecule has 4 heterocycles. The van der Waals surface area contributed by atoms with Crippen molar-refractivity contribution in [1.82, 2.24) is 15.0 Å². The normalized spacial score (nSPS) is 12.4. The van der Waals surface area contributed by atoms with Crippen LogP contribution in [0.4, 0.5) is 17.1 Å². The fraction of sp³-hybridized carbons (Fsp3) is 0. The molecule has 0 N–H and O–H groups in total. The van der Waals surface area contributed by atoms with Crippen molar-refractivity contribution in [3.8, 4) is 45.3 Å². The number of nitrogens with zero attached hydrogens (tertiary/aromatic N) is 4. The van der Waals surface area contributed by atoms with Crippen molar-refractivity contribution in [2.75, 3.05) is 4.90 Å². The molecule has 0 fully saturated rings. The van der Waals surface area contributed by atoms with E-state index in [0.29, 0.717) is 17.5 Å². The molecule has 59 heavy (non-hydrogen) atoms. The molecule has 0 radical (unpaired) electrons. The van der Waals surface area contributed by atoms with Crippen LogP contribution in [0.25, 0.3) is 107 Å². The number of hydrogen-bond donors (Lipinski definition) is 0. The molecule has 9 aromatic carbocycles. The molecule has 1 aliphatic rings. The lowest BCUT2D eigenvalue weighted by Crippen LogP contribution is -2.15. The van der Waals surface area contributed by atoms with Crippen LogP contribution in [0.3, 0.4) is 0 Å². The van der Waals surface area contributed by atoms with E-state index in [2.05, 4.69) is 187 Å². The molecule has 1 aliphatic heterocycles. The summed E-state index contributed by atoms with van der Waals surface area (Å²) in [5.41, 5.74) is 8.69. The average molecular weight is 787 g/mol. The second-order valence-corrected chi connectivity index (χ2v) is 17.3. The minimum absolute atomic E-state index is 0.631. The van der Waals surface area contributed by atoms with E-state index in [1.54, 1.807) is 0 Å². The first-order chi connectivity index (χ1) is 29.2. The smallest absolute Gasteiger partial charge is 0.164 e. The second kappa shape index (κ2) is 12.6. The van der Waals surface area contributed by atoms with Crippen LogP contribution in [-0.2, 0) is 0 Å². The molecule has 0 saturated carbocycles. The molecule has 6 heteroatoms. The van der Waals surface area contributed by atoms with Crippen molar-refractivity contribution in [3.05, 3.63) is 182 Å². The summed E-state index contributed by atoms with van der Waals surface area (Å²) in [6.45, 7) is 0. The summed E-state index contributed by atoms with van der Waals surface area (Å²) >= 11 is 3.63. The largest absolute Gasteiger partial charge is 0.309 e. The minimum Gasteiger partial charge on any atom is -0.309 e. The number of benzene rings is 9. The van der Waals surface area contributed by atoms with Crippen LogP contribution in [0.15, 0.2) is 182 Å². The quantitative estimate of drug-likeness (QED) is 0.178. The van der Waals surface area contributed by atoms with Gasteiger partial charge in [0.2, 0.25) is 0 Å². The molecule has 0 bridgehead atoms. The lowest BCUT2D eigenvalue weighted by Gasteiger charge is -2.34. The summed E-state index contributed by atoms with van der Waals surface area (Å²) in [6, 6.07) is 65.6. The van der Waals surface area contributed by atoms with Gasteiger partial charge >= 0.3 is 0 Å². The zero-order chi connectivity index (χ0) is 38.6. The Labute approximate surface area is 347 Å². The predicted octanol–water partition coefficient (Wildman–Crippen LogP) is 15.4. The van der Waals surface area contributed by atoms with E-state index in [0.717, 1.165) is 28.1 Å². The number of hydrogen-bond acceptors (Lipinski definition) is 6. The fourth-order valence-electron chi connectivity index (χ4n) is 9.11. The number of fused-ring (bicyclic) bond motifs is 10. The highest BCUT2D eigenvalue weighted by Gasteiger charge is 2.28. The van der Waals surface area contributed by atoms with Crippen LogP contribution in [-0.4, -0.2) is 15.0 Å². The van der Waals surface area contributed by atoms with E-state index < -0.39 is 0 Å². The Morgan fingerprint density at radius 3 is 1.58 bits per heavy atom. The van der Waals surface area contributed by atoms with Gasteiger partial charge in [-0.05, 0) is 83.1 Å². The third-order valence-corrected chi connectivity index (χ3v) is 14.1. The van der Waals surface area contributed by atoms with E-state index in [4.69, 9.17) is 15.0 Å². The molecule has 4 nitrogen and oxygen atoms in total. The van der Waals surface area contributed by atoms with Gasteiger partial charge in [-0.1, -0.05) is 115 Å². The van der Waals surface area contributed by atoms with E-state index >= 15 is 0 Å². The number of anilines is 3. The molecule has 13 rings (SSSR count). The molecule has 0 unspecified atom stereocenters. The molecule has 3 aromatic heterocycles. The van der Waals surface area contributed by atoms with Gasteiger partial charge in [-0.25, -0.2) is 15.0 Å². The lowest BCUT2D eigenvalue weighted by atomic mass is 9.88. The Kier molecular flexibility index (Phi) is 7.02. The van der Waals surface area contributed by atoms with Crippen molar-refractivity contribution in [2.45, 2.75) is 0 Å². The third-order valence-electron chi connectivity index (χ3n) is 11.8. The van der Waals surface area contributed by atoms with Crippen molar-refractivity contribution < 1.29 is 0 Å². The van der Waals surface area contributed by atoms with Crippen LogP contribution in [0.1, 0.15) is 0 Å². The van der Waals surface area contributed by atoms with Gasteiger partial charge in [-0.2, -0.15) is 0 Å². The average Bonchev–Trinajstić information content (AvgIpc) is 3.87. The zero-order valence-corrected chi connectivity index (χ0v) is 33.1. The van der Waals surface area contributed by atoms with Crippen molar-refractivity contribution >= 4 is 102 Å². The summed E-state index contributed by atoms with van der Waals surface area (Å²) in [5, 5.41) is 9.80. The molecule has 0 atom stereocenters. The summed E-state index contributed by atoms with van der Waals surface area (Å²) in [7, 11) is 0. The maximum Gasteiger partial charge on any atom is 0.164 e. The maximum atomic E-state index is 5.29. The molecule has 0 saturated heterocycles. The fourth-order valence-corrected chi connectivity index (χ4v) is 11.3. The molecule has 0 aliphatic carbocycles. The maximum absolute atomic E-state index is 5.29. The number of aromatic nitrogens is 3. The van der Waals surface area contributed by atoms with Gasteiger partial charge in [0.05, 0.1) is 11.4 Å². The van der Waals surface area contributed by atoms with Gasteiger partial charge in [-0.3, -0.25) is 0 Å². The highest BCUT2D eigenvalue weighted by Crippen LogP contribution is 2.53. The van der Waals surface area contributed by atoms with Crippen LogP contribution in [0.5, 0.6) is 0 Å². The first-order valence-corrected chi connectivity index (χ1v) is 21.4. The zero-order valence-electron chi connectivity index (χ0n) is 31.4. The Balaban J connectivity index is 1.03.